The van der Waals surface area contributed by atoms with Crippen LogP contribution in [0, 0.1) is 13.8 Å². The summed E-state index contributed by atoms with van der Waals surface area (Å²) < 4.78 is 6.69. The number of benzene rings is 2. The predicted molar refractivity (Wildman–Crippen MR) is 109 cm³/mol. The number of fused-ring (bicyclic) bond motifs is 1. The number of aryl methyl sites for hydroxylation is 2. The van der Waals surface area contributed by atoms with Crippen LogP contribution in [-0.4, -0.2) is 26.7 Å². The zero-order chi connectivity index (χ0) is 19.7. The number of ether oxygens (including phenoxy) is 1. The minimum Gasteiger partial charge on any atom is -0.495 e. The fraction of sp³-hybridized carbons (Fsp3) is 0.190. The van der Waals surface area contributed by atoms with Crippen LogP contribution in [0.5, 0.6) is 5.75 Å². The molecule has 2 heterocycles. The van der Waals surface area contributed by atoms with Gasteiger partial charge in [-0.25, -0.2) is 4.98 Å². The van der Waals surface area contributed by atoms with Crippen LogP contribution in [-0.2, 0) is 6.54 Å². The lowest BCUT2D eigenvalue weighted by molar-refractivity contribution is 0.416. The van der Waals surface area contributed by atoms with E-state index in [2.05, 4.69) is 27.3 Å². The summed E-state index contributed by atoms with van der Waals surface area (Å²) in [5, 5.41) is 6.29. The van der Waals surface area contributed by atoms with E-state index in [9.17, 15) is 4.79 Å². The van der Waals surface area contributed by atoms with Gasteiger partial charge < -0.3 is 10.1 Å². The van der Waals surface area contributed by atoms with E-state index in [1.165, 1.54) is 21.7 Å². The first kappa shape index (κ1) is 17.8. The second-order valence-electron chi connectivity index (χ2n) is 6.65. The Hall–Kier alpha value is -3.61. The molecule has 0 spiro atoms. The van der Waals surface area contributed by atoms with Gasteiger partial charge in [0.2, 0.25) is 0 Å². The zero-order valence-corrected chi connectivity index (χ0v) is 16.0. The first-order valence-corrected chi connectivity index (χ1v) is 8.98. The molecular formula is C21H21N5O2. The van der Waals surface area contributed by atoms with Crippen LogP contribution in [0.25, 0.3) is 17.2 Å². The number of H-pyrrole nitrogens is 1. The number of para-hydroxylation sites is 2. The van der Waals surface area contributed by atoms with Gasteiger partial charge in [0, 0.05) is 11.6 Å². The maximum Gasteiger partial charge on any atom is 0.274 e. The highest BCUT2D eigenvalue weighted by atomic mass is 16.5. The summed E-state index contributed by atoms with van der Waals surface area (Å²) in [6.07, 6.45) is 0. The van der Waals surface area contributed by atoms with Gasteiger partial charge in [0.15, 0.2) is 5.82 Å². The molecule has 0 saturated carbocycles. The minimum absolute atomic E-state index is 0.204. The van der Waals surface area contributed by atoms with E-state index in [-0.39, 0.29) is 5.56 Å². The third-order valence-electron chi connectivity index (χ3n) is 4.73. The number of aromatic nitrogens is 4. The van der Waals surface area contributed by atoms with Gasteiger partial charge in [-0.3, -0.25) is 9.89 Å². The van der Waals surface area contributed by atoms with E-state index in [0.29, 0.717) is 23.8 Å². The molecule has 7 nitrogen and oxygen atoms in total. The molecular weight excluding hydrogens is 354 g/mol. The molecule has 2 aromatic carbocycles. The Bertz CT molecular complexity index is 1210. The van der Waals surface area contributed by atoms with Gasteiger partial charge in [0.25, 0.3) is 11.3 Å². The molecule has 4 aromatic rings. The van der Waals surface area contributed by atoms with Gasteiger partial charge in [-0.15, -0.1) is 0 Å². The van der Waals surface area contributed by atoms with Crippen LogP contribution in [0.15, 0.2) is 53.3 Å². The SMILES string of the molecule is COc1ccccc1NCc1cc(=O)n2[nH]c(-c3ccc(C)c(C)c3)nc2n1. The highest BCUT2D eigenvalue weighted by molar-refractivity contribution is 5.59. The first-order valence-electron chi connectivity index (χ1n) is 8.98. The second kappa shape index (κ2) is 7.19. The number of hydrogen-bond donors (Lipinski definition) is 2. The highest BCUT2D eigenvalue weighted by Gasteiger charge is 2.11. The van der Waals surface area contributed by atoms with E-state index >= 15 is 0 Å². The molecule has 28 heavy (non-hydrogen) atoms. The first-order chi connectivity index (χ1) is 13.5. The molecule has 0 fully saturated rings. The average molecular weight is 375 g/mol. The predicted octanol–water partition coefficient (Wildman–Crippen LogP) is 3.32. The van der Waals surface area contributed by atoms with Gasteiger partial charge in [-0.1, -0.05) is 24.3 Å². The minimum atomic E-state index is -0.204. The van der Waals surface area contributed by atoms with Crippen molar-refractivity contribution in [2.45, 2.75) is 20.4 Å². The van der Waals surface area contributed by atoms with Crippen molar-refractivity contribution in [3.63, 3.8) is 0 Å². The Kier molecular flexibility index (Phi) is 4.57. The average Bonchev–Trinajstić information content (AvgIpc) is 3.13. The van der Waals surface area contributed by atoms with E-state index in [1.807, 2.05) is 49.4 Å². The maximum atomic E-state index is 12.5. The number of rotatable bonds is 5. The molecule has 0 saturated heterocycles. The number of aromatic amines is 1. The van der Waals surface area contributed by atoms with Gasteiger partial charge in [0.1, 0.15) is 5.75 Å². The second-order valence-corrected chi connectivity index (χ2v) is 6.65. The summed E-state index contributed by atoms with van der Waals surface area (Å²) in [4.78, 5) is 21.5. The summed E-state index contributed by atoms with van der Waals surface area (Å²) in [7, 11) is 1.62. The van der Waals surface area contributed by atoms with Crippen molar-refractivity contribution in [1.29, 1.82) is 0 Å². The Morgan fingerprint density at radius 2 is 1.89 bits per heavy atom. The van der Waals surface area contributed by atoms with Crippen molar-refractivity contribution in [3.05, 3.63) is 75.7 Å². The lowest BCUT2D eigenvalue weighted by Crippen LogP contribution is -2.17. The summed E-state index contributed by atoms with van der Waals surface area (Å²) in [6, 6.07) is 15.2. The quantitative estimate of drug-likeness (QED) is 0.559. The molecule has 0 aliphatic carbocycles. The van der Waals surface area contributed by atoms with Crippen molar-refractivity contribution in [3.8, 4) is 17.1 Å². The number of nitrogens with one attached hydrogen (secondary N) is 2. The fourth-order valence-corrected chi connectivity index (χ4v) is 3.01. The van der Waals surface area contributed by atoms with Gasteiger partial charge in [-0.2, -0.15) is 9.50 Å². The van der Waals surface area contributed by atoms with E-state index < -0.39 is 0 Å². The van der Waals surface area contributed by atoms with Crippen molar-refractivity contribution < 1.29 is 4.74 Å². The molecule has 2 N–H and O–H groups in total. The molecule has 0 radical (unpaired) electrons. The number of methoxy groups -OCH3 is 1. The topological polar surface area (TPSA) is 84.3 Å². The molecule has 2 aromatic heterocycles. The van der Waals surface area contributed by atoms with Crippen LogP contribution >= 0.6 is 0 Å². The third-order valence-corrected chi connectivity index (χ3v) is 4.73. The Morgan fingerprint density at radius 3 is 2.68 bits per heavy atom. The van der Waals surface area contributed by atoms with Crippen molar-refractivity contribution in [1.82, 2.24) is 19.6 Å². The zero-order valence-electron chi connectivity index (χ0n) is 16.0. The van der Waals surface area contributed by atoms with Gasteiger partial charge in [0.05, 0.1) is 25.0 Å². The molecule has 0 unspecified atom stereocenters. The van der Waals surface area contributed by atoms with E-state index in [4.69, 9.17) is 4.74 Å². The number of nitrogens with zero attached hydrogens (tertiary/aromatic N) is 3. The molecule has 0 atom stereocenters. The molecule has 0 aliphatic heterocycles. The lowest BCUT2D eigenvalue weighted by Gasteiger charge is -2.10. The number of anilines is 1. The molecule has 142 valence electrons. The van der Waals surface area contributed by atoms with E-state index in [1.54, 1.807) is 7.11 Å². The van der Waals surface area contributed by atoms with Gasteiger partial charge in [-0.05, 0) is 43.2 Å². The third kappa shape index (κ3) is 3.34. The lowest BCUT2D eigenvalue weighted by atomic mass is 10.1. The van der Waals surface area contributed by atoms with Crippen LogP contribution in [0.1, 0.15) is 16.8 Å². The van der Waals surface area contributed by atoms with Crippen LogP contribution < -0.4 is 15.6 Å². The summed E-state index contributed by atoms with van der Waals surface area (Å²) in [6.45, 7) is 4.50. The molecule has 0 aliphatic rings. The van der Waals surface area contributed by atoms with Crippen molar-refractivity contribution in [2.75, 3.05) is 12.4 Å². The van der Waals surface area contributed by atoms with Crippen molar-refractivity contribution in [2.24, 2.45) is 0 Å². The standard InChI is InChI=1S/C21H21N5O2/c1-13-8-9-15(10-14(13)2)20-24-21-23-16(11-19(27)26(21)25-20)12-22-17-6-4-5-7-18(17)28-3/h4-11,22H,12H2,1-3H3,(H,23,24,25). The molecule has 4 rings (SSSR count). The maximum absolute atomic E-state index is 12.5. The summed E-state index contributed by atoms with van der Waals surface area (Å²) >= 11 is 0. The summed E-state index contributed by atoms with van der Waals surface area (Å²) in [5.74, 6) is 1.69. The van der Waals surface area contributed by atoms with E-state index in [0.717, 1.165) is 17.0 Å². The van der Waals surface area contributed by atoms with Crippen LogP contribution in [0.2, 0.25) is 0 Å². The smallest absolute Gasteiger partial charge is 0.274 e. The fourth-order valence-electron chi connectivity index (χ4n) is 3.01. The largest absolute Gasteiger partial charge is 0.495 e. The Morgan fingerprint density at radius 1 is 1.07 bits per heavy atom. The Labute approximate surface area is 162 Å². The Balaban J connectivity index is 1.64. The molecule has 0 amide bonds. The van der Waals surface area contributed by atoms with Gasteiger partial charge >= 0.3 is 0 Å². The number of hydrogen-bond acceptors (Lipinski definition) is 5. The normalized spacial score (nSPS) is 11.0. The highest BCUT2D eigenvalue weighted by Crippen LogP contribution is 2.23. The van der Waals surface area contributed by atoms with Crippen molar-refractivity contribution >= 4 is 11.5 Å². The monoisotopic (exact) mass is 375 g/mol. The van der Waals surface area contributed by atoms with Crippen LogP contribution in [0.3, 0.4) is 0 Å². The summed E-state index contributed by atoms with van der Waals surface area (Å²) in [5.41, 5.74) is 4.53. The van der Waals surface area contributed by atoms with Crippen LogP contribution in [0.4, 0.5) is 5.69 Å². The molecule has 0 bridgehead atoms. The molecule has 7 heteroatoms.